The van der Waals surface area contributed by atoms with Crippen molar-refractivity contribution >= 4 is 0 Å². The number of nitrogens with zero attached hydrogens (tertiary/aromatic N) is 1. The van der Waals surface area contributed by atoms with Gasteiger partial charge in [-0.2, -0.15) is 0 Å². The molecule has 0 unspecified atom stereocenters. The third-order valence-corrected chi connectivity index (χ3v) is 4.82. The van der Waals surface area contributed by atoms with Crippen LogP contribution in [0.1, 0.15) is 33.3 Å². The molecular formula is C18H25NO7. The van der Waals surface area contributed by atoms with Crippen LogP contribution in [0.2, 0.25) is 0 Å². The van der Waals surface area contributed by atoms with Crippen LogP contribution in [0.5, 0.6) is 0 Å². The average molecular weight is 367 g/mol. The highest BCUT2D eigenvalue weighted by Gasteiger charge is 2.60. The molecule has 0 aliphatic carbocycles. The van der Waals surface area contributed by atoms with E-state index in [2.05, 4.69) is 0 Å². The summed E-state index contributed by atoms with van der Waals surface area (Å²) in [5, 5.41) is 22.0. The molecule has 2 fully saturated rings. The topological polar surface area (TPSA) is 100 Å². The largest absolute Gasteiger partial charge is 0.383 e. The first-order valence-corrected chi connectivity index (χ1v) is 8.61. The highest BCUT2D eigenvalue weighted by Crippen LogP contribution is 2.41. The maximum Gasteiger partial charge on any atom is 0.244 e. The Bertz CT molecular complexity index is 648. The van der Waals surface area contributed by atoms with E-state index in [1.165, 1.54) is 13.8 Å². The molecule has 8 nitrogen and oxygen atoms in total. The summed E-state index contributed by atoms with van der Waals surface area (Å²) >= 11 is 0. The molecule has 2 aliphatic heterocycles. The molecule has 0 saturated carbocycles. The van der Waals surface area contributed by atoms with Gasteiger partial charge in [0.25, 0.3) is 0 Å². The van der Waals surface area contributed by atoms with Crippen LogP contribution in [0.15, 0.2) is 30.3 Å². The van der Waals surface area contributed by atoms with E-state index < -0.39 is 47.0 Å². The number of nitro groups is 1. The molecule has 0 radical (unpaired) electrons. The standard InChI is InChI=1S/C18H25NO7/c1-17(2,19(21)22)15(20)13-12(23-10-11-8-6-5-7-9-11)14-16(24-13)26-18(3,4)25-14/h5-9,12-16,20H,10H2,1-4H3/t12-,13-,14+,15-,16+/m0/s1. The van der Waals surface area contributed by atoms with Crippen molar-refractivity contribution in [1.82, 2.24) is 0 Å². The summed E-state index contributed by atoms with van der Waals surface area (Å²) in [7, 11) is 0. The monoisotopic (exact) mass is 367 g/mol. The molecule has 2 aliphatic rings. The van der Waals surface area contributed by atoms with Gasteiger partial charge in [-0.3, -0.25) is 10.1 Å². The third-order valence-electron chi connectivity index (χ3n) is 4.82. The summed E-state index contributed by atoms with van der Waals surface area (Å²) in [5.74, 6) is -0.849. The van der Waals surface area contributed by atoms with E-state index in [1.807, 2.05) is 30.3 Å². The summed E-state index contributed by atoms with van der Waals surface area (Å²) in [5.41, 5.74) is -0.663. The number of hydrogen-bond acceptors (Lipinski definition) is 7. The van der Waals surface area contributed by atoms with Gasteiger partial charge in [-0.25, -0.2) is 0 Å². The predicted octanol–water partition coefficient (Wildman–Crippen LogP) is 1.86. The molecule has 1 N–H and O–H groups in total. The SMILES string of the molecule is CC1(C)O[C@H]2O[C@H]([C@H](O)C(C)(C)[N+](=O)[O-])[C@H](OCc3ccccc3)[C@H]2O1. The smallest absolute Gasteiger partial charge is 0.244 e. The summed E-state index contributed by atoms with van der Waals surface area (Å²) in [6.45, 7) is 6.50. The van der Waals surface area contributed by atoms with Crippen LogP contribution in [-0.4, -0.2) is 52.1 Å². The number of ether oxygens (including phenoxy) is 4. The number of benzene rings is 1. The minimum absolute atomic E-state index is 0.268. The van der Waals surface area contributed by atoms with Crippen LogP contribution in [0.4, 0.5) is 0 Å². The molecule has 5 atom stereocenters. The Kier molecular flexibility index (Phi) is 5.06. The Morgan fingerprint density at radius 3 is 2.58 bits per heavy atom. The zero-order chi connectivity index (χ0) is 19.1. The number of aliphatic hydroxyl groups excluding tert-OH is 1. The van der Waals surface area contributed by atoms with Gasteiger partial charge in [-0.05, 0) is 19.4 Å². The first-order valence-electron chi connectivity index (χ1n) is 8.61. The molecule has 144 valence electrons. The van der Waals surface area contributed by atoms with Gasteiger partial charge in [0.15, 0.2) is 18.2 Å². The maximum atomic E-state index is 11.3. The van der Waals surface area contributed by atoms with E-state index in [9.17, 15) is 15.2 Å². The second-order valence-corrected chi connectivity index (χ2v) is 7.69. The third kappa shape index (κ3) is 3.60. The van der Waals surface area contributed by atoms with E-state index in [0.717, 1.165) is 5.56 Å². The lowest BCUT2D eigenvalue weighted by molar-refractivity contribution is -0.576. The molecule has 1 aromatic rings. The molecule has 3 rings (SSSR count). The van der Waals surface area contributed by atoms with Crippen LogP contribution >= 0.6 is 0 Å². The van der Waals surface area contributed by atoms with Gasteiger partial charge in [0.1, 0.15) is 18.3 Å². The Hall–Kier alpha value is -1.58. The fraction of sp³-hybridized carbons (Fsp3) is 0.667. The second-order valence-electron chi connectivity index (χ2n) is 7.69. The van der Waals surface area contributed by atoms with E-state index in [4.69, 9.17) is 18.9 Å². The van der Waals surface area contributed by atoms with Gasteiger partial charge in [0.05, 0.1) is 6.61 Å². The quantitative estimate of drug-likeness (QED) is 0.605. The lowest BCUT2D eigenvalue weighted by Crippen LogP contribution is -2.54. The molecule has 2 saturated heterocycles. The van der Waals surface area contributed by atoms with Crippen molar-refractivity contribution in [2.75, 3.05) is 0 Å². The van der Waals surface area contributed by atoms with Crippen molar-refractivity contribution in [3.8, 4) is 0 Å². The predicted molar refractivity (Wildman–Crippen MR) is 90.8 cm³/mol. The van der Waals surface area contributed by atoms with Gasteiger partial charge in [-0.1, -0.05) is 30.3 Å². The van der Waals surface area contributed by atoms with Gasteiger partial charge in [-0.15, -0.1) is 0 Å². The van der Waals surface area contributed by atoms with Gasteiger partial charge in [0, 0.05) is 18.8 Å². The van der Waals surface area contributed by atoms with Crippen LogP contribution < -0.4 is 0 Å². The summed E-state index contributed by atoms with van der Waals surface area (Å²) in [6.07, 6.45) is -4.34. The fourth-order valence-corrected chi connectivity index (χ4v) is 3.22. The van der Waals surface area contributed by atoms with Crippen molar-refractivity contribution in [3.05, 3.63) is 46.0 Å². The average Bonchev–Trinajstić information content (AvgIpc) is 3.04. The zero-order valence-corrected chi connectivity index (χ0v) is 15.3. The van der Waals surface area contributed by atoms with Crippen LogP contribution in [-0.2, 0) is 25.6 Å². The van der Waals surface area contributed by atoms with Crippen LogP contribution in [0.3, 0.4) is 0 Å². The summed E-state index contributed by atoms with van der Waals surface area (Å²) < 4.78 is 23.4. The molecule has 8 heteroatoms. The highest BCUT2D eigenvalue weighted by molar-refractivity contribution is 5.13. The molecule has 1 aromatic carbocycles. The van der Waals surface area contributed by atoms with Crippen LogP contribution in [0, 0.1) is 10.1 Å². The fourth-order valence-electron chi connectivity index (χ4n) is 3.22. The van der Waals surface area contributed by atoms with E-state index in [-0.39, 0.29) is 6.61 Å². The minimum Gasteiger partial charge on any atom is -0.383 e. The van der Waals surface area contributed by atoms with Gasteiger partial charge >= 0.3 is 0 Å². The first kappa shape index (κ1) is 19.2. The normalized spacial score (nSPS) is 31.6. The summed E-state index contributed by atoms with van der Waals surface area (Å²) in [4.78, 5) is 10.8. The first-order chi connectivity index (χ1) is 12.1. The highest BCUT2D eigenvalue weighted by atomic mass is 16.8. The van der Waals surface area contributed by atoms with Crippen molar-refractivity contribution in [2.24, 2.45) is 0 Å². The second kappa shape index (κ2) is 6.86. The lowest BCUT2D eigenvalue weighted by Gasteiger charge is -2.32. The van der Waals surface area contributed by atoms with E-state index >= 15 is 0 Å². The Labute approximate surface area is 152 Å². The lowest BCUT2D eigenvalue weighted by atomic mass is 9.90. The van der Waals surface area contributed by atoms with Crippen molar-refractivity contribution < 1.29 is 29.0 Å². The van der Waals surface area contributed by atoms with Gasteiger partial charge < -0.3 is 24.1 Å². The molecule has 0 aromatic heterocycles. The number of aliphatic hydroxyl groups is 1. The molecular weight excluding hydrogens is 342 g/mol. The van der Waals surface area contributed by atoms with Crippen molar-refractivity contribution in [3.63, 3.8) is 0 Å². The molecule has 0 bridgehead atoms. The Morgan fingerprint density at radius 2 is 1.96 bits per heavy atom. The molecule has 0 amide bonds. The number of hydrogen-bond donors (Lipinski definition) is 1. The number of fused-ring (bicyclic) bond motifs is 1. The number of rotatable bonds is 6. The van der Waals surface area contributed by atoms with Gasteiger partial charge in [0.2, 0.25) is 5.54 Å². The summed E-state index contributed by atoms with van der Waals surface area (Å²) in [6, 6.07) is 9.52. The minimum atomic E-state index is -1.60. The molecule has 26 heavy (non-hydrogen) atoms. The van der Waals surface area contributed by atoms with Crippen molar-refractivity contribution in [1.29, 1.82) is 0 Å². The maximum absolute atomic E-state index is 11.3. The zero-order valence-electron chi connectivity index (χ0n) is 15.3. The molecule has 0 spiro atoms. The van der Waals surface area contributed by atoms with Crippen LogP contribution in [0.25, 0.3) is 0 Å². The Morgan fingerprint density at radius 1 is 1.31 bits per heavy atom. The molecule has 2 heterocycles. The Balaban J connectivity index is 1.80. The van der Waals surface area contributed by atoms with E-state index in [1.54, 1.807) is 13.8 Å². The van der Waals surface area contributed by atoms with Crippen molar-refractivity contribution in [2.45, 2.75) is 76.3 Å². The van der Waals surface area contributed by atoms with E-state index in [0.29, 0.717) is 0 Å².